The molecular weight excluding hydrogens is 278 g/mol. The fraction of sp³-hybridized carbons (Fsp3) is 0.462. The Morgan fingerprint density at radius 1 is 1.25 bits per heavy atom. The van der Waals surface area contributed by atoms with E-state index < -0.39 is 35.6 Å². The number of anilines is 1. The van der Waals surface area contributed by atoms with E-state index in [4.69, 9.17) is 5.11 Å². The molecule has 1 aromatic rings. The van der Waals surface area contributed by atoms with E-state index in [0.29, 0.717) is 6.07 Å². The number of benzene rings is 1. The van der Waals surface area contributed by atoms with Gasteiger partial charge in [-0.1, -0.05) is 0 Å². The van der Waals surface area contributed by atoms with E-state index in [2.05, 4.69) is 0 Å². The molecule has 3 nitrogen and oxygen atoms in total. The minimum absolute atomic E-state index is 0.173. The molecule has 0 heterocycles. The van der Waals surface area contributed by atoms with Crippen LogP contribution in [0, 0.1) is 5.82 Å². The topological polar surface area (TPSA) is 40.5 Å². The van der Waals surface area contributed by atoms with Crippen molar-refractivity contribution in [1.82, 2.24) is 0 Å². The van der Waals surface area contributed by atoms with Crippen LogP contribution >= 0.6 is 0 Å². The number of nitrogens with zero attached hydrogens (tertiary/aromatic N) is 1. The summed E-state index contributed by atoms with van der Waals surface area (Å²) in [4.78, 5) is 12.0. The van der Waals surface area contributed by atoms with E-state index in [0.717, 1.165) is 12.1 Å². The number of rotatable bonds is 3. The second-order valence-electron chi connectivity index (χ2n) is 5.31. The first kappa shape index (κ1) is 16.3. The lowest BCUT2D eigenvalue weighted by atomic mass is 10.0. The van der Waals surface area contributed by atoms with E-state index in [1.807, 2.05) is 0 Å². The lowest BCUT2D eigenvalue weighted by molar-refractivity contribution is -0.138. The highest BCUT2D eigenvalue weighted by Crippen LogP contribution is 2.33. The van der Waals surface area contributed by atoms with Gasteiger partial charge in [0.1, 0.15) is 12.4 Å². The third-order valence-corrected chi connectivity index (χ3v) is 2.67. The Morgan fingerprint density at radius 2 is 1.80 bits per heavy atom. The van der Waals surface area contributed by atoms with Gasteiger partial charge in [-0.3, -0.25) is 4.79 Å². The van der Waals surface area contributed by atoms with Crippen LogP contribution in [0.4, 0.5) is 23.2 Å². The van der Waals surface area contributed by atoms with Crippen molar-refractivity contribution in [3.8, 4) is 0 Å². The van der Waals surface area contributed by atoms with Crippen LogP contribution in [0.15, 0.2) is 18.2 Å². The average Bonchev–Trinajstić information content (AvgIpc) is 2.23. The molecule has 0 spiro atoms. The molecule has 7 heteroatoms. The predicted molar refractivity (Wildman–Crippen MR) is 66.1 cm³/mol. The quantitative estimate of drug-likeness (QED) is 0.867. The van der Waals surface area contributed by atoms with Crippen LogP contribution in [0.5, 0.6) is 0 Å². The van der Waals surface area contributed by atoms with Gasteiger partial charge in [-0.15, -0.1) is 0 Å². The third kappa shape index (κ3) is 3.85. The number of halogens is 4. The summed E-state index contributed by atoms with van der Waals surface area (Å²) in [6.07, 6.45) is -4.64. The zero-order chi connectivity index (χ0) is 15.7. The highest BCUT2D eigenvalue weighted by Gasteiger charge is 2.33. The SMILES string of the molecule is CC(C)(C)N(CC(=O)O)c1ccc(C(F)(F)F)cc1F. The van der Waals surface area contributed by atoms with Crippen molar-refractivity contribution in [2.24, 2.45) is 0 Å². The van der Waals surface area contributed by atoms with E-state index in [1.165, 1.54) is 4.90 Å². The van der Waals surface area contributed by atoms with Crippen molar-refractivity contribution in [1.29, 1.82) is 0 Å². The summed E-state index contributed by atoms with van der Waals surface area (Å²) in [5.74, 6) is -2.30. The highest BCUT2D eigenvalue weighted by molar-refractivity contribution is 5.74. The molecule has 0 amide bonds. The van der Waals surface area contributed by atoms with Gasteiger partial charge in [0.05, 0.1) is 11.3 Å². The molecule has 0 saturated carbocycles. The Labute approximate surface area is 113 Å². The normalized spacial score (nSPS) is 12.3. The van der Waals surface area contributed by atoms with E-state index in [9.17, 15) is 22.4 Å². The number of alkyl halides is 3. The average molecular weight is 293 g/mol. The summed E-state index contributed by atoms with van der Waals surface area (Å²) in [6, 6.07) is 2.06. The third-order valence-electron chi connectivity index (χ3n) is 2.67. The number of hydrogen-bond donors (Lipinski definition) is 1. The zero-order valence-electron chi connectivity index (χ0n) is 11.3. The Kier molecular flexibility index (Phi) is 4.31. The van der Waals surface area contributed by atoms with Gasteiger partial charge in [0.15, 0.2) is 0 Å². The van der Waals surface area contributed by atoms with Gasteiger partial charge in [-0.05, 0) is 39.0 Å². The molecule has 0 atom stereocenters. The maximum Gasteiger partial charge on any atom is 0.416 e. The van der Waals surface area contributed by atoms with E-state index in [1.54, 1.807) is 20.8 Å². The molecule has 0 radical (unpaired) electrons. The number of carbonyl (C=O) groups is 1. The molecule has 0 aliphatic heterocycles. The molecule has 0 saturated heterocycles. The highest BCUT2D eigenvalue weighted by atomic mass is 19.4. The summed E-state index contributed by atoms with van der Waals surface area (Å²) in [7, 11) is 0. The summed E-state index contributed by atoms with van der Waals surface area (Å²) in [6.45, 7) is 4.43. The number of aliphatic carboxylic acids is 1. The van der Waals surface area contributed by atoms with Crippen molar-refractivity contribution in [3.63, 3.8) is 0 Å². The molecule has 1 rings (SSSR count). The molecule has 0 unspecified atom stereocenters. The first-order chi connectivity index (χ1) is 8.93. The molecule has 112 valence electrons. The fourth-order valence-corrected chi connectivity index (χ4v) is 1.72. The van der Waals surface area contributed by atoms with Gasteiger partial charge >= 0.3 is 12.1 Å². The largest absolute Gasteiger partial charge is 0.480 e. The van der Waals surface area contributed by atoms with Crippen LogP contribution in [0.2, 0.25) is 0 Å². The van der Waals surface area contributed by atoms with Gasteiger partial charge < -0.3 is 10.0 Å². The minimum Gasteiger partial charge on any atom is -0.480 e. The molecule has 20 heavy (non-hydrogen) atoms. The van der Waals surface area contributed by atoms with Crippen molar-refractivity contribution in [2.45, 2.75) is 32.5 Å². The smallest absolute Gasteiger partial charge is 0.416 e. The maximum absolute atomic E-state index is 13.9. The van der Waals surface area contributed by atoms with Gasteiger partial charge in [-0.2, -0.15) is 13.2 Å². The van der Waals surface area contributed by atoms with Crippen LogP contribution in [0.25, 0.3) is 0 Å². The molecule has 1 aromatic carbocycles. The molecule has 0 bridgehead atoms. The summed E-state index contributed by atoms with van der Waals surface area (Å²) >= 11 is 0. The lowest BCUT2D eigenvalue weighted by Crippen LogP contribution is -2.45. The first-order valence-electron chi connectivity index (χ1n) is 5.79. The standard InChI is InChI=1S/C13H15F4NO2/c1-12(2,3)18(7-11(19)20)10-5-4-8(6-9(10)14)13(15,16)17/h4-6H,7H2,1-3H3,(H,19,20). The van der Waals surface area contributed by atoms with Gasteiger partial charge in [0, 0.05) is 5.54 Å². The molecule has 0 aliphatic carbocycles. The van der Waals surface area contributed by atoms with Gasteiger partial charge in [0.2, 0.25) is 0 Å². The van der Waals surface area contributed by atoms with Crippen LogP contribution in [0.3, 0.4) is 0 Å². The molecule has 0 fully saturated rings. The fourth-order valence-electron chi connectivity index (χ4n) is 1.72. The Balaban J connectivity index is 3.26. The molecular formula is C13H15F4NO2. The lowest BCUT2D eigenvalue weighted by Gasteiger charge is -2.36. The van der Waals surface area contributed by atoms with Crippen LogP contribution in [-0.2, 0) is 11.0 Å². The van der Waals surface area contributed by atoms with Crippen LogP contribution in [0.1, 0.15) is 26.3 Å². The Bertz CT molecular complexity index is 506. The van der Waals surface area contributed by atoms with Crippen LogP contribution in [-0.4, -0.2) is 23.2 Å². The van der Waals surface area contributed by atoms with Crippen molar-refractivity contribution in [2.75, 3.05) is 11.4 Å². The predicted octanol–water partition coefficient (Wildman–Crippen LogP) is 3.53. The number of hydrogen-bond acceptors (Lipinski definition) is 2. The van der Waals surface area contributed by atoms with Crippen LogP contribution < -0.4 is 4.90 Å². The van der Waals surface area contributed by atoms with E-state index >= 15 is 0 Å². The Hall–Kier alpha value is -1.79. The zero-order valence-corrected chi connectivity index (χ0v) is 11.3. The molecule has 1 N–H and O–H groups in total. The Morgan fingerprint density at radius 3 is 2.15 bits per heavy atom. The summed E-state index contributed by atoms with van der Waals surface area (Å²) in [5, 5.41) is 8.84. The van der Waals surface area contributed by atoms with E-state index in [-0.39, 0.29) is 5.69 Å². The second-order valence-corrected chi connectivity index (χ2v) is 5.31. The first-order valence-corrected chi connectivity index (χ1v) is 5.79. The maximum atomic E-state index is 13.9. The summed E-state index contributed by atoms with van der Waals surface area (Å²) < 4.78 is 51.3. The molecule has 0 aliphatic rings. The van der Waals surface area contributed by atoms with Crippen molar-refractivity contribution >= 4 is 11.7 Å². The molecule has 0 aromatic heterocycles. The number of carboxylic acids is 1. The summed E-state index contributed by atoms with van der Waals surface area (Å²) in [5.41, 5.74) is -2.03. The minimum atomic E-state index is -4.64. The van der Waals surface area contributed by atoms with Crippen molar-refractivity contribution in [3.05, 3.63) is 29.6 Å². The second kappa shape index (κ2) is 5.30. The number of carboxylic acid groups (broad SMARTS) is 1. The van der Waals surface area contributed by atoms with Gasteiger partial charge in [-0.25, -0.2) is 4.39 Å². The van der Waals surface area contributed by atoms with Crippen molar-refractivity contribution < 1.29 is 27.5 Å². The van der Waals surface area contributed by atoms with Gasteiger partial charge in [0.25, 0.3) is 0 Å². The monoisotopic (exact) mass is 293 g/mol.